The number of aromatic hydroxyl groups is 1. The molecule has 15 heavy (non-hydrogen) atoms. The molecule has 5 heteroatoms. The number of carboxylic acids is 1. The summed E-state index contributed by atoms with van der Waals surface area (Å²) >= 11 is 0. The lowest BCUT2D eigenvalue weighted by molar-refractivity contribution is 0.0692. The maximum absolute atomic E-state index is 11.0. The largest absolute Gasteiger partial charge is 0.502 e. The van der Waals surface area contributed by atoms with Gasteiger partial charge >= 0.3 is 5.97 Å². The molecule has 1 saturated carbocycles. The summed E-state index contributed by atoms with van der Waals surface area (Å²) in [7, 11) is 0. The fraction of sp³-hybridized carbons (Fsp3) is 0.400. The lowest BCUT2D eigenvalue weighted by Crippen LogP contribution is -2.14. The van der Waals surface area contributed by atoms with Crippen LogP contribution in [0.1, 0.15) is 28.8 Å². The fourth-order valence-corrected chi connectivity index (χ4v) is 1.59. The number of aromatic nitrogens is 1. The Morgan fingerprint density at radius 1 is 1.53 bits per heavy atom. The molecule has 5 nitrogen and oxygen atoms in total. The highest BCUT2D eigenvalue weighted by molar-refractivity contribution is 5.92. The van der Waals surface area contributed by atoms with E-state index in [1.165, 1.54) is 6.20 Å². The number of H-pyrrole nitrogens is 1. The first-order chi connectivity index (χ1) is 7.09. The fourth-order valence-electron chi connectivity index (χ4n) is 1.59. The van der Waals surface area contributed by atoms with E-state index < -0.39 is 17.3 Å². The summed E-state index contributed by atoms with van der Waals surface area (Å²) in [6.07, 6.45) is 4.15. The van der Waals surface area contributed by atoms with Crippen LogP contribution in [0.25, 0.3) is 0 Å². The highest BCUT2D eigenvalue weighted by atomic mass is 16.4. The highest BCUT2D eigenvalue weighted by Gasteiger charge is 2.26. The highest BCUT2D eigenvalue weighted by Crippen LogP contribution is 2.34. The summed E-state index contributed by atoms with van der Waals surface area (Å²) in [4.78, 5) is 24.2. The number of pyridine rings is 1. The Morgan fingerprint density at radius 3 is 2.73 bits per heavy atom. The molecule has 0 amide bonds. The van der Waals surface area contributed by atoms with Crippen LogP contribution in [0.5, 0.6) is 5.75 Å². The van der Waals surface area contributed by atoms with E-state index in [-0.39, 0.29) is 5.56 Å². The van der Waals surface area contributed by atoms with Crippen LogP contribution in [-0.4, -0.2) is 21.2 Å². The first-order valence-corrected chi connectivity index (χ1v) is 4.76. The molecule has 1 aromatic heterocycles. The molecule has 80 valence electrons. The molecule has 0 aromatic carbocycles. The predicted molar refractivity (Wildman–Crippen MR) is 52.1 cm³/mol. The van der Waals surface area contributed by atoms with Gasteiger partial charge in [-0.05, 0) is 30.7 Å². The normalized spacial score (nSPS) is 15.2. The van der Waals surface area contributed by atoms with Crippen LogP contribution < -0.4 is 5.56 Å². The first-order valence-electron chi connectivity index (χ1n) is 4.76. The van der Waals surface area contributed by atoms with Gasteiger partial charge in [-0.1, -0.05) is 0 Å². The minimum Gasteiger partial charge on any atom is -0.502 e. The molecule has 1 aromatic rings. The van der Waals surface area contributed by atoms with E-state index >= 15 is 0 Å². The molecular weight excluding hydrogens is 198 g/mol. The maximum Gasteiger partial charge on any atom is 0.340 e. The Balaban J connectivity index is 2.47. The van der Waals surface area contributed by atoms with Crippen LogP contribution >= 0.6 is 0 Å². The lowest BCUT2D eigenvalue weighted by atomic mass is 10.0. The molecular formula is C10H11NO4. The SMILES string of the molecule is O=C(O)c1c(CC2CC2)c[nH]c(=O)c1O. The second-order valence-electron chi connectivity index (χ2n) is 3.82. The zero-order chi connectivity index (χ0) is 11.0. The van der Waals surface area contributed by atoms with E-state index in [0.717, 1.165) is 12.8 Å². The lowest BCUT2D eigenvalue weighted by Gasteiger charge is -2.05. The predicted octanol–water partition coefficient (Wildman–Crippen LogP) is 0.731. The van der Waals surface area contributed by atoms with Crippen molar-refractivity contribution in [2.75, 3.05) is 0 Å². The summed E-state index contributed by atoms with van der Waals surface area (Å²) in [5.41, 5.74) is -0.514. The molecule has 0 aliphatic heterocycles. The third-order valence-corrected chi connectivity index (χ3v) is 2.57. The van der Waals surface area contributed by atoms with Gasteiger partial charge in [0.25, 0.3) is 5.56 Å². The molecule has 1 aliphatic rings. The van der Waals surface area contributed by atoms with Gasteiger partial charge in [0.05, 0.1) is 0 Å². The van der Waals surface area contributed by atoms with E-state index in [4.69, 9.17) is 5.11 Å². The van der Waals surface area contributed by atoms with Crippen molar-refractivity contribution in [2.45, 2.75) is 19.3 Å². The molecule has 2 rings (SSSR count). The van der Waals surface area contributed by atoms with Gasteiger partial charge in [0.1, 0.15) is 5.56 Å². The Bertz CT molecular complexity index is 459. The van der Waals surface area contributed by atoms with Crippen molar-refractivity contribution < 1.29 is 15.0 Å². The van der Waals surface area contributed by atoms with Crippen molar-refractivity contribution in [2.24, 2.45) is 5.92 Å². The molecule has 1 fully saturated rings. The van der Waals surface area contributed by atoms with Crippen LogP contribution in [0.2, 0.25) is 0 Å². The number of carboxylic acid groups (broad SMARTS) is 1. The van der Waals surface area contributed by atoms with Gasteiger partial charge in [0.15, 0.2) is 5.75 Å². The summed E-state index contributed by atoms with van der Waals surface area (Å²) in [6.45, 7) is 0. The van der Waals surface area contributed by atoms with Gasteiger partial charge < -0.3 is 15.2 Å². The van der Waals surface area contributed by atoms with Crippen LogP contribution in [-0.2, 0) is 6.42 Å². The minimum absolute atomic E-state index is 0.259. The number of rotatable bonds is 3. The summed E-state index contributed by atoms with van der Waals surface area (Å²) < 4.78 is 0. The van der Waals surface area contributed by atoms with Crippen molar-refractivity contribution in [3.05, 3.63) is 27.7 Å². The molecule has 0 bridgehead atoms. The number of hydrogen-bond donors (Lipinski definition) is 3. The van der Waals surface area contributed by atoms with Gasteiger partial charge in [-0.15, -0.1) is 0 Å². The Kier molecular flexibility index (Phi) is 2.22. The monoisotopic (exact) mass is 209 g/mol. The van der Waals surface area contributed by atoms with E-state index in [9.17, 15) is 14.7 Å². The minimum atomic E-state index is -1.26. The number of aromatic amines is 1. The zero-order valence-electron chi connectivity index (χ0n) is 7.99. The average molecular weight is 209 g/mol. The van der Waals surface area contributed by atoms with Crippen molar-refractivity contribution in [1.29, 1.82) is 0 Å². The molecule has 1 heterocycles. The second-order valence-corrected chi connectivity index (χ2v) is 3.82. The number of nitrogens with one attached hydrogen (secondary N) is 1. The number of carbonyl (C=O) groups is 1. The van der Waals surface area contributed by atoms with E-state index in [2.05, 4.69) is 4.98 Å². The van der Waals surface area contributed by atoms with Gasteiger partial charge in [-0.3, -0.25) is 4.79 Å². The molecule has 0 unspecified atom stereocenters. The van der Waals surface area contributed by atoms with Crippen molar-refractivity contribution in [1.82, 2.24) is 4.98 Å². The molecule has 3 N–H and O–H groups in total. The second kappa shape index (κ2) is 3.42. The number of hydrogen-bond acceptors (Lipinski definition) is 3. The van der Waals surface area contributed by atoms with E-state index in [1.54, 1.807) is 0 Å². The topological polar surface area (TPSA) is 90.4 Å². The Morgan fingerprint density at radius 2 is 2.20 bits per heavy atom. The van der Waals surface area contributed by atoms with Gasteiger partial charge in [-0.25, -0.2) is 4.79 Å². The van der Waals surface area contributed by atoms with Gasteiger partial charge in [0.2, 0.25) is 0 Å². The first kappa shape index (κ1) is 9.76. The molecule has 0 spiro atoms. The molecule has 0 atom stereocenters. The van der Waals surface area contributed by atoms with Crippen LogP contribution in [0.15, 0.2) is 11.0 Å². The van der Waals surface area contributed by atoms with Crippen molar-refractivity contribution >= 4 is 5.97 Å². The van der Waals surface area contributed by atoms with E-state index in [1.807, 2.05) is 0 Å². The number of aromatic carboxylic acids is 1. The third-order valence-electron chi connectivity index (χ3n) is 2.57. The Hall–Kier alpha value is -1.78. The van der Waals surface area contributed by atoms with Crippen LogP contribution in [0, 0.1) is 5.92 Å². The molecule has 1 aliphatic carbocycles. The average Bonchev–Trinajstić information content (AvgIpc) is 2.95. The Labute approximate surface area is 85.4 Å². The quantitative estimate of drug-likeness (QED) is 0.684. The molecule has 0 radical (unpaired) electrons. The van der Waals surface area contributed by atoms with Gasteiger partial charge in [0, 0.05) is 6.20 Å². The maximum atomic E-state index is 11.0. The summed E-state index contributed by atoms with van der Waals surface area (Å²) in [6, 6.07) is 0. The van der Waals surface area contributed by atoms with E-state index in [0.29, 0.717) is 17.9 Å². The van der Waals surface area contributed by atoms with Crippen molar-refractivity contribution in [3.8, 4) is 5.75 Å². The summed E-state index contributed by atoms with van der Waals surface area (Å²) in [5, 5.41) is 18.2. The third kappa shape index (κ3) is 1.86. The van der Waals surface area contributed by atoms with Crippen LogP contribution in [0.3, 0.4) is 0 Å². The summed E-state index contributed by atoms with van der Waals surface area (Å²) in [5.74, 6) is -1.46. The van der Waals surface area contributed by atoms with Crippen LogP contribution in [0.4, 0.5) is 0 Å². The smallest absolute Gasteiger partial charge is 0.340 e. The molecule has 0 saturated heterocycles. The zero-order valence-corrected chi connectivity index (χ0v) is 7.99. The van der Waals surface area contributed by atoms with Crippen molar-refractivity contribution in [3.63, 3.8) is 0 Å². The van der Waals surface area contributed by atoms with Gasteiger partial charge in [-0.2, -0.15) is 0 Å². The standard InChI is InChI=1S/C10H11NO4/c12-8-7(10(14)15)6(3-5-1-2-5)4-11-9(8)13/h4-5,12H,1-3H2,(H,11,13)(H,14,15).